The zero-order valence-electron chi connectivity index (χ0n) is 12.9. The number of nitrogens with one attached hydrogen (secondary N) is 1. The molecule has 118 valence electrons. The van der Waals surface area contributed by atoms with Crippen LogP contribution in [0.1, 0.15) is 56.4 Å². The summed E-state index contributed by atoms with van der Waals surface area (Å²) in [4.78, 5) is 12.2. The molecule has 21 heavy (non-hydrogen) atoms. The highest BCUT2D eigenvalue weighted by Crippen LogP contribution is 2.33. The molecule has 0 unspecified atom stereocenters. The van der Waals surface area contributed by atoms with Gasteiger partial charge in [-0.1, -0.05) is 13.3 Å². The Morgan fingerprint density at radius 3 is 2.76 bits per heavy atom. The Bertz CT molecular complexity index is 490. The van der Waals surface area contributed by atoms with Gasteiger partial charge in [0.2, 0.25) is 0 Å². The summed E-state index contributed by atoms with van der Waals surface area (Å²) >= 11 is 0. The van der Waals surface area contributed by atoms with Crippen molar-refractivity contribution in [3.8, 4) is 0 Å². The van der Waals surface area contributed by atoms with E-state index in [-0.39, 0.29) is 12.5 Å². The second-order valence-electron chi connectivity index (χ2n) is 6.02. The second-order valence-corrected chi connectivity index (χ2v) is 6.02. The van der Waals surface area contributed by atoms with Gasteiger partial charge in [0.25, 0.3) is 5.91 Å². The van der Waals surface area contributed by atoms with Crippen molar-refractivity contribution in [2.75, 3.05) is 12.3 Å². The van der Waals surface area contributed by atoms with Crippen LogP contribution in [-0.4, -0.2) is 32.9 Å². The van der Waals surface area contributed by atoms with Crippen LogP contribution < -0.4 is 11.1 Å². The van der Waals surface area contributed by atoms with E-state index < -0.39 is 5.60 Å². The van der Waals surface area contributed by atoms with Crippen LogP contribution >= 0.6 is 0 Å². The standard InChI is InChI=1S/C15H26N4O2/c1-3-11-5-7-15(21,8-6-11)10-17-14(20)13-12(16)9-18-19(13)4-2/h9,11,21H,3-8,10,16H2,1-2H3,(H,17,20). The number of aryl methyl sites for hydroxylation is 1. The number of aliphatic hydroxyl groups is 1. The van der Waals surface area contributed by atoms with Crippen LogP contribution in [0.5, 0.6) is 0 Å². The molecule has 0 aromatic carbocycles. The molecule has 6 heteroatoms. The molecule has 1 aliphatic carbocycles. The molecule has 2 rings (SSSR count). The number of nitrogens with zero attached hydrogens (tertiary/aromatic N) is 2. The molecular weight excluding hydrogens is 268 g/mol. The molecule has 0 saturated heterocycles. The van der Waals surface area contributed by atoms with Crippen LogP contribution in [0.4, 0.5) is 5.69 Å². The minimum atomic E-state index is -0.785. The summed E-state index contributed by atoms with van der Waals surface area (Å²) in [6.07, 6.45) is 6.19. The molecule has 1 amide bonds. The summed E-state index contributed by atoms with van der Waals surface area (Å²) in [7, 11) is 0. The van der Waals surface area contributed by atoms with E-state index in [1.54, 1.807) is 4.68 Å². The first kappa shape index (κ1) is 15.8. The first-order chi connectivity index (χ1) is 9.99. The molecular formula is C15H26N4O2. The zero-order chi connectivity index (χ0) is 15.5. The molecule has 0 spiro atoms. The molecule has 0 radical (unpaired) electrons. The SMILES string of the molecule is CCC1CCC(O)(CNC(=O)c2c(N)cnn2CC)CC1. The number of nitrogens with two attached hydrogens (primary N) is 1. The topological polar surface area (TPSA) is 93.2 Å². The summed E-state index contributed by atoms with van der Waals surface area (Å²) in [5.74, 6) is 0.441. The Hall–Kier alpha value is -1.56. The molecule has 4 N–H and O–H groups in total. The van der Waals surface area contributed by atoms with Crippen LogP contribution in [0.3, 0.4) is 0 Å². The van der Waals surface area contributed by atoms with Gasteiger partial charge in [0.05, 0.1) is 17.5 Å². The largest absolute Gasteiger partial charge is 0.396 e. The first-order valence-corrected chi connectivity index (χ1v) is 7.81. The van der Waals surface area contributed by atoms with Crippen molar-refractivity contribution in [1.82, 2.24) is 15.1 Å². The molecule has 1 aliphatic rings. The van der Waals surface area contributed by atoms with E-state index in [1.807, 2.05) is 6.92 Å². The van der Waals surface area contributed by atoms with Gasteiger partial charge < -0.3 is 16.2 Å². The summed E-state index contributed by atoms with van der Waals surface area (Å²) in [5.41, 5.74) is 5.75. The van der Waals surface area contributed by atoms with E-state index in [0.29, 0.717) is 23.8 Å². The average molecular weight is 294 g/mol. The van der Waals surface area contributed by atoms with E-state index in [9.17, 15) is 9.90 Å². The van der Waals surface area contributed by atoms with Gasteiger partial charge in [0.1, 0.15) is 5.69 Å². The summed E-state index contributed by atoms with van der Waals surface area (Å²) < 4.78 is 1.57. The van der Waals surface area contributed by atoms with Gasteiger partial charge in [-0.2, -0.15) is 5.10 Å². The zero-order valence-corrected chi connectivity index (χ0v) is 12.9. The number of carbonyl (C=O) groups is 1. The van der Waals surface area contributed by atoms with Gasteiger partial charge >= 0.3 is 0 Å². The molecule has 6 nitrogen and oxygen atoms in total. The Balaban J connectivity index is 1.93. The smallest absolute Gasteiger partial charge is 0.271 e. The molecule has 1 aromatic heterocycles. The fourth-order valence-electron chi connectivity index (χ4n) is 3.02. The fourth-order valence-corrected chi connectivity index (χ4v) is 3.02. The Kier molecular flexibility index (Phi) is 4.88. The van der Waals surface area contributed by atoms with Crippen molar-refractivity contribution in [2.24, 2.45) is 5.92 Å². The number of carbonyl (C=O) groups excluding carboxylic acids is 1. The lowest BCUT2D eigenvalue weighted by atomic mass is 9.78. The molecule has 1 fully saturated rings. The van der Waals surface area contributed by atoms with Crippen LogP contribution in [0.15, 0.2) is 6.20 Å². The quantitative estimate of drug-likeness (QED) is 0.768. The van der Waals surface area contributed by atoms with Crippen molar-refractivity contribution < 1.29 is 9.90 Å². The van der Waals surface area contributed by atoms with E-state index in [0.717, 1.165) is 32.1 Å². The Labute approximate surface area is 125 Å². The van der Waals surface area contributed by atoms with Gasteiger partial charge in [0.15, 0.2) is 0 Å². The van der Waals surface area contributed by atoms with E-state index >= 15 is 0 Å². The minimum Gasteiger partial charge on any atom is -0.396 e. The monoisotopic (exact) mass is 294 g/mol. The third-order valence-electron chi connectivity index (χ3n) is 4.57. The maximum absolute atomic E-state index is 12.2. The highest BCUT2D eigenvalue weighted by Gasteiger charge is 2.33. The van der Waals surface area contributed by atoms with Gasteiger partial charge in [-0.15, -0.1) is 0 Å². The van der Waals surface area contributed by atoms with Crippen molar-refractivity contribution in [2.45, 2.75) is 58.1 Å². The predicted octanol–water partition coefficient (Wildman–Crippen LogP) is 1.55. The molecule has 0 aliphatic heterocycles. The van der Waals surface area contributed by atoms with E-state index in [2.05, 4.69) is 17.3 Å². The molecule has 1 heterocycles. The first-order valence-electron chi connectivity index (χ1n) is 7.81. The third-order valence-corrected chi connectivity index (χ3v) is 4.57. The number of hydrogen-bond donors (Lipinski definition) is 3. The third kappa shape index (κ3) is 3.56. The number of hydrogen-bond acceptors (Lipinski definition) is 4. The average Bonchev–Trinajstić information content (AvgIpc) is 2.87. The maximum atomic E-state index is 12.2. The number of aromatic nitrogens is 2. The molecule has 0 bridgehead atoms. The number of anilines is 1. The lowest BCUT2D eigenvalue weighted by molar-refractivity contribution is -0.00793. The lowest BCUT2D eigenvalue weighted by Gasteiger charge is -2.35. The minimum absolute atomic E-state index is 0.266. The maximum Gasteiger partial charge on any atom is 0.271 e. The normalized spacial score (nSPS) is 25.8. The van der Waals surface area contributed by atoms with Gasteiger partial charge in [0, 0.05) is 13.1 Å². The predicted molar refractivity (Wildman–Crippen MR) is 81.8 cm³/mol. The fraction of sp³-hybridized carbons (Fsp3) is 0.733. The molecule has 1 aromatic rings. The van der Waals surface area contributed by atoms with Crippen LogP contribution in [0.2, 0.25) is 0 Å². The number of rotatable bonds is 5. The second kappa shape index (κ2) is 6.47. The number of amides is 1. The molecule has 0 atom stereocenters. The van der Waals surface area contributed by atoms with Gasteiger partial charge in [-0.3, -0.25) is 9.48 Å². The summed E-state index contributed by atoms with van der Waals surface area (Å²) in [5, 5.41) is 17.4. The van der Waals surface area contributed by atoms with E-state index in [1.165, 1.54) is 6.20 Å². The Morgan fingerprint density at radius 1 is 1.52 bits per heavy atom. The van der Waals surface area contributed by atoms with Crippen LogP contribution in [0.25, 0.3) is 0 Å². The summed E-state index contributed by atoms with van der Waals surface area (Å²) in [6.45, 7) is 4.95. The van der Waals surface area contributed by atoms with Crippen LogP contribution in [-0.2, 0) is 6.54 Å². The van der Waals surface area contributed by atoms with Crippen molar-refractivity contribution in [3.63, 3.8) is 0 Å². The van der Waals surface area contributed by atoms with Crippen LogP contribution in [0, 0.1) is 5.92 Å². The van der Waals surface area contributed by atoms with Crippen molar-refractivity contribution in [3.05, 3.63) is 11.9 Å². The highest BCUT2D eigenvalue weighted by atomic mass is 16.3. The molecule has 1 saturated carbocycles. The van der Waals surface area contributed by atoms with Gasteiger partial charge in [-0.25, -0.2) is 0 Å². The number of nitrogen functional groups attached to an aromatic ring is 1. The lowest BCUT2D eigenvalue weighted by Crippen LogP contribution is -2.45. The highest BCUT2D eigenvalue weighted by molar-refractivity contribution is 5.97. The van der Waals surface area contributed by atoms with E-state index in [4.69, 9.17) is 5.73 Å². The van der Waals surface area contributed by atoms with Gasteiger partial charge in [-0.05, 0) is 38.5 Å². The van der Waals surface area contributed by atoms with Crippen molar-refractivity contribution >= 4 is 11.6 Å². The Morgan fingerprint density at radius 2 is 2.19 bits per heavy atom. The summed E-state index contributed by atoms with van der Waals surface area (Å²) in [6, 6.07) is 0. The van der Waals surface area contributed by atoms with Crippen molar-refractivity contribution in [1.29, 1.82) is 0 Å².